The van der Waals surface area contributed by atoms with Gasteiger partial charge in [0.15, 0.2) is 0 Å². The molecule has 3 aliphatic rings. The maximum Gasteiger partial charge on any atom is 0.134 e. The van der Waals surface area contributed by atoms with E-state index in [1.165, 1.54) is 51.7 Å². The molecular formula is C38H47F3N2O2. The van der Waals surface area contributed by atoms with E-state index in [-0.39, 0.29) is 24.0 Å². The minimum atomic E-state index is -1.53. The summed E-state index contributed by atoms with van der Waals surface area (Å²) in [6.07, 6.45) is 9.48. The molecule has 4 nitrogen and oxygen atoms in total. The van der Waals surface area contributed by atoms with E-state index >= 15 is 8.78 Å². The van der Waals surface area contributed by atoms with Crippen molar-refractivity contribution in [3.8, 4) is 11.5 Å². The average molecular weight is 621 g/mol. The van der Waals surface area contributed by atoms with Gasteiger partial charge in [0.05, 0.1) is 12.1 Å². The Bertz CT molecular complexity index is 1400. The second-order valence-electron chi connectivity index (χ2n) is 14.1. The molecule has 242 valence electrons. The number of rotatable bonds is 8. The van der Waals surface area contributed by atoms with E-state index in [0.29, 0.717) is 30.7 Å². The quantitative estimate of drug-likeness (QED) is 0.273. The third kappa shape index (κ3) is 7.86. The summed E-state index contributed by atoms with van der Waals surface area (Å²) < 4.78 is 59.3. The fraction of sp³-hybridized carbons (Fsp3) is 0.526. The van der Waals surface area contributed by atoms with Crippen LogP contribution in [0.4, 0.5) is 13.2 Å². The van der Waals surface area contributed by atoms with Gasteiger partial charge < -0.3 is 14.8 Å². The molecule has 1 atom stereocenters. The lowest BCUT2D eigenvalue weighted by Gasteiger charge is -2.41. The molecule has 45 heavy (non-hydrogen) atoms. The van der Waals surface area contributed by atoms with Crippen LogP contribution >= 0.6 is 0 Å². The number of hydrogen-bond donors (Lipinski definition) is 1. The summed E-state index contributed by atoms with van der Waals surface area (Å²) in [5.74, 6) is -0.386. The zero-order valence-corrected chi connectivity index (χ0v) is 26.7. The van der Waals surface area contributed by atoms with Gasteiger partial charge in [-0.1, -0.05) is 36.4 Å². The van der Waals surface area contributed by atoms with Crippen LogP contribution in [0.25, 0.3) is 0 Å². The van der Waals surface area contributed by atoms with Gasteiger partial charge in [0.1, 0.15) is 35.4 Å². The summed E-state index contributed by atoms with van der Waals surface area (Å²) in [4.78, 5) is 1.86. The number of nitrogens with zero attached hydrogens (tertiary/aromatic N) is 1. The van der Waals surface area contributed by atoms with E-state index in [0.717, 1.165) is 55.5 Å². The molecule has 0 aromatic heterocycles. The zero-order chi connectivity index (χ0) is 31.4. The molecular weight excluding hydrogens is 573 g/mol. The Morgan fingerprint density at radius 1 is 0.889 bits per heavy atom. The second-order valence-corrected chi connectivity index (χ2v) is 14.1. The van der Waals surface area contributed by atoms with E-state index in [1.807, 2.05) is 53.4 Å². The van der Waals surface area contributed by atoms with E-state index in [2.05, 4.69) is 5.32 Å². The zero-order valence-electron chi connectivity index (χ0n) is 26.7. The Balaban J connectivity index is 1.21. The van der Waals surface area contributed by atoms with Crippen molar-refractivity contribution in [3.63, 3.8) is 0 Å². The number of nitrogens with one attached hydrogen (secondary N) is 1. The van der Waals surface area contributed by atoms with Crippen LogP contribution in [0.1, 0.15) is 93.5 Å². The maximum atomic E-state index is 16.0. The molecule has 0 radical (unpaired) electrons. The van der Waals surface area contributed by atoms with Crippen LogP contribution in [0.15, 0.2) is 60.7 Å². The van der Waals surface area contributed by atoms with Crippen molar-refractivity contribution in [2.75, 3.05) is 26.2 Å². The fourth-order valence-corrected chi connectivity index (χ4v) is 7.81. The highest BCUT2D eigenvalue weighted by molar-refractivity contribution is 5.46. The molecule has 1 saturated carbocycles. The Kier molecular flexibility index (Phi) is 9.76. The van der Waals surface area contributed by atoms with Crippen molar-refractivity contribution in [2.45, 2.75) is 96.1 Å². The average Bonchev–Trinajstić information content (AvgIpc) is 2.99. The molecule has 2 aliphatic heterocycles. The van der Waals surface area contributed by atoms with Gasteiger partial charge in [-0.05, 0) is 119 Å². The molecule has 1 saturated heterocycles. The highest BCUT2D eigenvalue weighted by Gasteiger charge is 2.38. The van der Waals surface area contributed by atoms with Crippen molar-refractivity contribution in [1.82, 2.24) is 10.2 Å². The van der Waals surface area contributed by atoms with Crippen LogP contribution in [-0.2, 0) is 13.0 Å². The fourth-order valence-electron chi connectivity index (χ4n) is 7.81. The molecule has 3 aromatic rings. The summed E-state index contributed by atoms with van der Waals surface area (Å²) in [7, 11) is 0. The van der Waals surface area contributed by atoms with E-state index < -0.39 is 23.3 Å². The number of ether oxygens (including phenoxy) is 2. The molecule has 1 aliphatic carbocycles. The third-order valence-corrected chi connectivity index (χ3v) is 10.0. The summed E-state index contributed by atoms with van der Waals surface area (Å²) in [6.45, 7) is 6.14. The number of benzene rings is 3. The predicted octanol–water partition coefficient (Wildman–Crippen LogP) is 8.71. The van der Waals surface area contributed by atoms with Gasteiger partial charge >= 0.3 is 0 Å². The van der Waals surface area contributed by atoms with Gasteiger partial charge in [0, 0.05) is 30.8 Å². The van der Waals surface area contributed by atoms with Gasteiger partial charge in [0.2, 0.25) is 0 Å². The van der Waals surface area contributed by atoms with Gasteiger partial charge in [-0.25, -0.2) is 13.2 Å². The molecule has 1 spiro atoms. The topological polar surface area (TPSA) is 33.7 Å². The molecule has 0 bridgehead atoms. The molecule has 2 fully saturated rings. The summed E-state index contributed by atoms with van der Waals surface area (Å²) in [5.41, 5.74) is 1.58. The van der Waals surface area contributed by atoms with Crippen molar-refractivity contribution in [2.24, 2.45) is 5.41 Å². The largest absolute Gasteiger partial charge is 0.490 e. The molecule has 1 unspecified atom stereocenters. The Morgan fingerprint density at radius 3 is 2.24 bits per heavy atom. The molecule has 6 rings (SSSR count). The first-order valence-electron chi connectivity index (χ1n) is 16.8. The molecule has 2 heterocycles. The molecule has 1 N–H and O–H groups in total. The first-order chi connectivity index (χ1) is 21.7. The minimum Gasteiger partial charge on any atom is -0.490 e. The number of hydrogen-bond acceptors (Lipinski definition) is 4. The summed E-state index contributed by atoms with van der Waals surface area (Å²) >= 11 is 0. The lowest BCUT2D eigenvalue weighted by Crippen LogP contribution is -2.43. The third-order valence-electron chi connectivity index (χ3n) is 10.0. The normalized spacial score (nSPS) is 21.1. The Labute approximate surface area is 266 Å². The lowest BCUT2D eigenvalue weighted by molar-refractivity contribution is 0.0607. The van der Waals surface area contributed by atoms with Crippen LogP contribution in [0.5, 0.6) is 11.5 Å². The number of halogens is 3. The summed E-state index contributed by atoms with van der Waals surface area (Å²) in [5, 5.41) is 3.50. The Morgan fingerprint density at radius 2 is 1.58 bits per heavy atom. The van der Waals surface area contributed by atoms with E-state index in [1.54, 1.807) is 0 Å². The van der Waals surface area contributed by atoms with Gasteiger partial charge in [-0.3, -0.25) is 4.90 Å². The first-order valence-corrected chi connectivity index (χ1v) is 16.8. The maximum absolute atomic E-state index is 16.0. The lowest BCUT2D eigenvalue weighted by atomic mass is 9.67. The SMILES string of the molecule is CC(C)(F)CN1CCc2cc(OCc3ccccc3)ccc2C1c1c(F)cc(OC2CCC3(CCCNCCC3)CC2)cc1F. The first kappa shape index (κ1) is 31.9. The van der Waals surface area contributed by atoms with Crippen molar-refractivity contribution < 1.29 is 22.6 Å². The van der Waals surface area contributed by atoms with Crippen LogP contribution in [0, 0.1) is 17.0 Å². The highest BCUT2D eigenvalue weighted by atomic mass is 19.1. The molecule has 3 aromatic carbocycles. The van der Waals surface area contributed by atoms with E-state index in [9.17, 15) is 4.39 Å². The highest BCUT2D eigenvalue weighted by Crippen LogP contribution is 2.46. The van der Waals surface area contributed by atoms with Crippen molar-refractivity contribution >= 4 is 0 Å². The van der Waals surface area contributed by atoms with Gasteiger partial charge in [-0.15, -0.1) is 0 Å². The Hall–Kier alpha value is -3.03. The number of alkyl halides is 1. The second kappa shape index (κ2) is 13.8. The van der Waals surface area contributed by atoms with Crippen LogP contribution in [0.3, 0.4) is 0 Å². The molecule has 0 amide bonds. The van der Waals surface area contributed by atoms with Gasteiger partial charge in [0.25, 0.3) is 0 Å². The standard InChI is InChI=1S/C38H47F3N2O2/c1-37(2,41)26-43-21-14-28-22-30(44-25-27-8-4-3-5-9-27)10-11-32(28)36(43)35-33(39)23-31(24-34(35)40)45-29-12-17-38(18-13-29)15-6-19-42-20-7-16-38/h3-5,8-11,22-24,29,36,42H,6-7,12-21,25-26H2,1-2H3. The minimum absolute atomic E-state index is 0.0441. The van der Waals surface area contributed by atoms with Gasteiger partial charge in [-0.2, -0.15) is 0 Å². The van der Waals surface area contributed by atoms with Crippen LogP contribution in [0.2, 0.25) is 0 Å². The van der Waals surface area contributed by atoms with Crippen LogP contribution in [-0.4, -0.2) is 42.9 Å². The van der Waals surface area contributed by atoms with Crippen molar-refractivity contribution in [3.05, 3.63) is 94.6 Å². The number of fused-ring (bicyclic) bond motifs is 1. The van der Waals surface area contributed by atoms with Crippen LogP contribution < -0.4 is 14.8 Å². The summed E-state index contributed by atoms with van der Waals surface area (Å²) in [6, 6.07) is 17.5. The monoisotopic (exact) mass is 620 g/mol. The van der Waals surface area contributed by atoms with E-state index in [4.69, 9.17) is 9.47 Å². The smallest absolute Gasteiger partial charge is 0.134 e. The molecule has 7 heteroatoms. The predicted molar refractivity (Wildman–Crippen MR) is 173 cm³/mol. The van der Waals surface area contributed by atoms with Crippen molar-refractivity contribution in [1.29, 1.82) is 0 Å².